The van der Waals surface area contributed by atoms with E-state index in [1.807, 2.05) is 0 Å². The highest BCUT2D eigenvalue weighted by atomic mass is 19.1. The Labute approximate surface area is 109 Å². The summed E-state index contributed by atoms with van der Waals surface area (Å²) in [4.78, 5) is 1.50. The number of halogens is 2. The summed E-state index contributed by atoms with van der Waals surface area (Å²) in [5.74, 6) is -1.55. The second-order valence-electron chi connectivity index (χ2n) is 4.56. The lowest BCUT2D eigenvalue weighted by molar-refractivity contribution is -0.0423. The van der Waals surface area contributed by atoms with Crippen molar-refractivity contribution in [2.24, 2.45) is 0 Å². The van der Waals surface area contributed by atoms with E-state index in [0.29, 0.717) is 6.54 Å². The van der Waals surface area contributed by atoms with Crippen molar-refractivity contribution >= 4 is 5.69 Å². The molecule has 0 saturated carbocycles. The third-order valence-corrected chi connectivity index (χ3v) is 2.99. The van der Waals surface area contributed by atoms with Gasteiger partial charge in [0.1, 0.15) is 5.69 Å². The maximum Gasteiger partial charge on any atom is 0.150 e. The Hall–Kier alpha value is -1.71. The van der Waals surface area contributed by atoms with Gasteiger partial charge in [0.2, 0.25) is 0 Å². The van der Waals surface area contributed by atoms with Crippen molar-refractivity contribution in [1.82, 2.24) is 0 Å². The first-order valence-electron chi connectivity index (χ1n) is 5.95. The lowest BCUT2D eigenvalue weighted by atomic mass is 10.1. The molecule has 0 aromatic heterocycles. The third-order valence-electron chi connectivity index (χ3n) is 2.99. The molecule has 6 heteroatoms. The van der Waals surface area contributed by atoms with Gasteiger partial charge in [-0.1, -0.05) is 0 Å². The molecule has 4 nitrogen and oxygen atoms in total. The topological polar surface area (TPSA) is 56.5 Å². The van der Waals surface area contributed by atoms with Crippen LogP contribution in [0.25, 0.3) is 0 Å². The Bertz CT molecular complexity index is 493. The number of ether oxygens (including phenoxy) is 1. The standard InChI is InChI=1S/C13H14F2N2O2/c1-8-5-17(6-10(7-18)19-8)13-11(14)2-9(4-16)3-12(13)15/h2-3,8,10,18H,5-7H2,1H3. The molecule has 0 amide bonds. The van der Waals surface area contributed by atoms with Crippen molar-refractivity contribution in [3.05, 3.63) is 29.3 Å². The van der Waals surface area contributed by atoms with Gasteiger partial charge in [-0.05, 0) is 19.1 Å². The predicted octanol–water partition coefficient (Wildman–Crippen LogP) is 1.42. The number of aliphatic hydroxyl groups excluding tert-OH is 1. The molecule has 1 aromatic carbocycles. The van der Waals surface area contributed by atoms with Crippen LogP contribution in [-0.4, -0.2) is 37.0 Å². The Morgan fingerprint density at radius 2 is 2.05 bits per heavy atom. The van der Waals surface area contributed by atoms with Gasteiger partial charge in [0, 0.05) is 13.1 Å². The SMILES string of the molecule is CC1CN(c2c(F)cc(C#N)cc2F)CC(CO)O1. The van der Waals surface area contributed by atoms with Crippen LogP contribution in [0.2, 0.25) is 0 Å². The summed E-state index contributed by atoms with van der Waals surface area (Å²) in [5.41, 5.74) is -0.230. The van der Waals surface area contributed by atoms with Gasteiger partial charge in [-0.2, -0.15) is 5.26 Å². The van der Waals surface area contributed by atoms with Crippen LogP contribution in [-0.2, 0) is 4.74 Å². The Balaban J connectivity index is 2.33. The molecule has 2 rings (SSSR count). The highest BCUT2D eigenvalue weighted by molar-refractivity contribution is 5.53. The molecule has 1 aliphatic rings. The van der Waals surface area contributed by atoms with Gasteiger partial charge in [-0.25, -0.2) is 8.78 Å². The Morgan fingerprint density at radius 1 is 1.42 bits per heavy atom. The number of nitrogens with zero attached hydrogens (tertiary/aromatic N) is 2. The van der Waals surface area contributed by atoms with Gasteiger partial charge < -0.3 is 14.7 Å². The van der Waals surface area contributed by atoms with Crippen LogP contribution in [0.5, 0.6) is 0 Å². The van der Waals surface area contributed by atoms with Crippen LogP contribution in [0, 0.1) is 23.0 Å². The molecule has 1 N–H and O–H groups in total. The van der Waals surface area contributed by atoms with E-state index in [1.165, 1.54) is 4.90 Å². The van der Waals surface area contributed by atoms with Crippen LogP contribution in [0.4, 0.5) is 14.5 Å². The van der Waals surface area contributed by atoms with Crippen molar-refractivity contribution in [3.8, 4) is 6.07 Å². The number of morpholine rings is 1. The molecule has 2 unspecified atom stereocenters. The first kappa shape index (κ1) is 13.7. The van der Waals surface area contributed by atoms with E-state index in [-0.39, 0.29) is 30.5 Å². The minimum absolute atomic E-state index is 0.0567. The second kappa shape index (κ2) is 5.51. The highest BCUT2D eigenvalue weighted by Crippen LogP contribution is 2.27. The predicted molar refractivity (Wildman–Crippen MR) is 64.7 cm³/mol. The van der Waals surface area contributed by atoms with Gasteiger partial charge in [0.25, 0.3) is 0 Å². The molecule has 19 heavy (non-hydrogen) atoms. The molecule has 1 aromatic rings. The van der Waals surface area contributed by atoms with Crippen LogP contribution in [0.15, 0.2) is 12.1 Å². The van der Waals surface area contributed by atoms with Crippen LogP contribution in [0.1, 0.15) is 12.5 Å². The summed E-state index contributed by atoms with van der Waals surface area (Å²) >= 11 is 0. The largest absolute Gasteiger partial charge is 0.394 e. The second-order valence-corrected chi connectivity index (χ2v) is 4.56. The molecule has 0 bridgehead atoms. The molecule has 2 atom stereocenters. The molecule has 0 radical (unpaired) electrons. The van der Waals surface area contributed by atoms with E-state index >= 15 is 0 Å². The van der Waals surface area contributed by atoms with E-state index in [0.717, 1.165) is 12.1 Å². The smallest absolute Gasteiger partial charge is 0.150 e. The van der Waals surface area contributed by atoms with E-state index < -0.39 is 17.7 Å². The molecule has 1 heterocycles. The quantitative estimate of drug-likeness (QED) is 0.881. The van der Waals surface area contributed by atoms with Crippen LogP contribution < -0.4 is 4.90 Å². The number of rotatable bonds is 2. The fraction of sp³-hybridized carbons (Fsp3) is 0.462. The van der Waals surface area contributed by atoms with E-state index in [9.17, 15) is 8.78 Å². The lowest BCUT2D eigenvalue weighted by Crippen LogP contribution is -2.48. The fourth-order valence-electron chi connectivity index (χ4n) is 2.26. The number of aliphatic hydroxyl groups is 1. The third kappa shape index (κ3) is 2.83. The highest BCUT2D eigenvalue weighted by Gasteiger charge is 2.28. The van der Waals surface area contributed by atoms with Crippen molar-refractivity contribution in [1.29, 1.82) is 5.26 Å². The molecule has 0 spiro atoms. The summed E-state index contributed by atoms with van der Waals surface area (Å²) in [6.07, 6.45) is -0.710. The molecule has 1 fully saturated rings. The van der Waals surface area contributed by atoms with E-state index in [4.69, 9.17) is 15.1 Å². The first-order valence-corrected chi connectivity index (χ1v) is 5.95. The summed E-state index contributed by atoms with van der Waals surface area (Å²) in [5, 5.41) is 17.8. The van der Waals surface area contributed by atoms with Gasteiger partial charge >= 0.3 is 0 Å². The van der Waals surface area contributed by atoms with Gasteiger partial charge in [0.15, 0.2) is 11.6 Å². The molecule has 1 aliphatic heterocycles. The van der Waals surface area contributed by atoms with Crippen LogP contribution in [0.3, 0.4) is 0 Å². The Morgan fingerprint density at radius 3 is 2.58 bits per heavy atom. The van der Waals surface area contributed by atoms with Crippen molar-refractivity contribution in [2.75, 3.05) is 24.6 Å². The molecule has 102 valence electrons. The van der Waals surface area contributed by atoms with E-state index in [2.05, 4.69) is 0 Å². The number of hydrogen-bond donors (Lipinski definition) is 1. The normalized spacial score (nSPS) is 23.2. The zero-order valence-corrected chi connectivity index (χ0v) is 10.4. The van der Waals surface area contributed by atoms with Crippen molar-refractivity contribution < 1.29 is 18.6 Å². The van der Waals surface area contributed by atoms with Gasteiger partial charge in [0.05, 0.1) is 30.4 Å². The first-order chi connectivity index (χ1) is 9.05. The average Bonchev–Trinajstić information content (AvgIpc) is 2.37. The molecule has 0 aliphatic carbocycles. The number of anilines is 1. The maximum atomic E-state index is 13.9. The zero-order chi connectivity index (χ0) is 14.0. The maximum absolute atomic E-state index is 13.9. The number of hydrogen-bond acceptors (Lipinski definition) is 4. The lowest BCUT2D eigenvalue weighted by Gasteiger charge is -2.37. The minimum Gasteiger partial charge on any atom is -0.394 e. The van der Waals surface area contributed by atoms with E-state index in [1.54, 1.807) is 13.0 Å². The number of nitriles is 1. The van der Waals surface area contributed by atoms with Crippen LogP contribution >= 0.6 is 0 Å². The summed E-state index contributed by atoms with van der Waals surface area (Å²) in [6.45, 7) is 2.10. The Kier molecular flexibility index (Phi) is 3.98. The average molecular weight is 268 g/mol. The molecular weight excluding hydrogens is 254 g/mol. The van der Waals surface area contributed by atoms with Crippen molar-refractivity contribution in [3.63, 3.8) is 0 Å². The summed E-state index contributed by atoms with van der Waals surface area (Å²) in [7, 11) is 0. The zero-order valence-electron chi connectivity index (χ0n) is 10.4. The number of benzene rings is 1. The summed E-state index contributed by atoms with van der Waals surface area (Å²) < 4.78 is 33.2. The van der Waals surface area contributed by atoms with Crippen molar-refractivity contribution in [2.45, 2.75) is 19.1 Å². The summed E-state index contributed by atoms with van der Waals surface area (Å²) in [6, 6.07) is 3.72. The monoisotopic (exact) mass is 268 g/mol. The molecule has 1 saturated heterocycles. The van der Waals surface area contributed by atoms with Gasteiger partial charge in [-0.3, -0.25) is 0 Å². The molecular formula is C13H14F2N2O2. The van der Waals surface area contributed by atoms with Gasteiger partial charge in [-0.15, -0.1) is 0 Å². The fourth-order valence-corrected chi connectivity index (χ4v) is 2.26. The minimum atomic E-state index is -0.776.